The maximum atomic E-state index is 12.6. The van der Waals surface area contributed by atoms with Crippen LogP contribution in [-0.2, 0) is 9.59 Å². The smallest absolute Gasteiger partial charge is 0.242 e. The van der Waals surface area contributed by atoms with Gasteiger partial charge in [-0.15, -0.1) is 0 Å². The molecule has 9 heteroatoms. The first-order valence-corrected chi connectivity index (χ1v) is 9.78. The lowest BCUT2D eigenvalue weighted by atomic mass is 10.2. The molecule has 0 saturated carbocycles. The van der Waals surface area contributed by atoms with E-state index in [1.54, 1.807) is 43.4 Å². The fourth-order valence-electron chi connectivity index (χ4n) is 2.98. The standard InChI is InChI=1S/C20H19N3O5S/c1-23-19(25)17(10-18(24)22-13-5-3-4-6-14(13)26-2)29-20(23)21-12-7-8-15-16(9-12)28-11-27-15/h3-9,17H,10-11H2,1-2H3,(H,22,24). The van der Waals surface area contributed by atoms with Gasteiger partial charge in [0.2, 0.25) is 18.6 Å². The Kier molecular flexibility index (Phi) is 5.30. The van der Waals surface area contributed by atoms with E-state index in [2.05, 4.69) is 10.3 Å². The second-order valence-electron chi connectivity index (χ2n) is 6.39. The van der Waals surface area contributed by atoms with Crippen molar-refractivity contribution in [2.45, 2.75) is 11.7 Å². The van der Waals surface area contributed by atoms with Crippen LogP contribution in [0, 0.1) is 0 Å². The van der Waals surface area contributed by atoms with Gasteiger partial charge in [0, 0.05) is 19.5 Å². The summed E-state index contributed by atoms with van der Waals surface area (Å²) in [5.74, 6) is 1.43. The zero-order valence-electron chi connectivity index (χ0n) is 15.9. The predicted octanol–water partition coefficient (Wildman–Crippen LogP) is 3.01. The summed E-state index contributed by atoms with van der Waals surface area (Å²) in [5, 5.41) is 2.79. The third kappa shape index (κ3) is 4.00. The SMILES string of the molecule is COc1ccccc1NC(=O)CC1SC(=Nc2ccc3c(c2)OCO3)N(C)C1=O. The zero-order chi connectivity index (χ0) is 20.4. The quantitative estimate of drug-likeness (QED) is 0.811. The number of hydrogen-bond acceptors (Lipinski definition) is 7. The van der Waals surface area contributed by atoms with Gasteiger partial charge in [-0.3, -0.25) is 14.5 Å². The lowest BCUT2D eigenvalue weighted by Gasteiger charge is -2.11. The molecule has 1 unspecified atom stereocenters. The molecule has 2 heterocycles. The van der Waals surface area contributed by atoms with Gasteiger partial charge in [0.25, 0.3) is 0 Å². The van der Waals surface area contributed by atoms with Gasteiger partial charge < -0.3 is 19.5 Å². The molecule has 0 aliphatic carbocycles. The molecule has 29 heavy (non-hydrogen) atoms. The van der Waals surface area contributed by atoms with Crippen LogP contribution in [0.15, 0.2) is 47.5 Å². The zero-order valence-corrected chi connectivity index (χ0v) is 16.7. The molecule has 0 spiro atoms. The highest BCUT2D eigenvalue weighted by Crippen LogP contribution is 2.37. The number of para-hydroxylation sites is 2. The maximum absolute atomic E-state index is 12.6. The second kappa shape index (κ2) is 8.04. The van der Waals surface area contributed by atoms with Crippen LogP contribution in [0.5, 0.6) is 17.2 Å². The summed E-state index contributed by atoms with van der Waals surface area (Å²) in [4.78, 5) is 31.0. The van der Waals surface area contributed by atoms with E-state index in [1.807, 2.05) is 6.07 Å². The maximum Gasteiger partial charge on any atom is 0.242 e. The van der Waals surface area contributed by atoms with Crippen LogP contribution < -0.4 is 19.5 Å². The number of aliphatic imine (C=N–C) groups is 1. The van der Waals surface area contributed by atoms with Gasteiger partial charge in [-0.1, -0.05) is 23.9 Å². The Balaban J connectivity index is 1.44. The van der Waals surface area contributed by atoms with Crippen LogP contribution in [0.2, 0.25) is 0 Å². The summed E-state index contributed by atoms with van der Waals surface area (Å²) < 4.78 is 15.9. The number of anilines is 1. The van der Waals surface area contributed by atoms with Crippen molar-refractivity contribution in [1.29, 1.82) is 0 Å². The van der Waals surface area contributed by atoms with Crippen LogP contribution in [0.3, 0.4) is 0 Å². The van der Waals surface area contributed by atoms with Gasteiger partial charge in [0.05, 0.1) is 18.5 Å². The summed E-state index contributed by atoms with van der Waals surface area (Å²) in [6.45, 7) is 0.186. The van der Waals surface area contributed by atoms with Crippen LogP contribution in [0.1, 0.15) is 6.42 Å². The van der Waals surface area contributed by atoms with E-state index < -0.39 is 5.25 Å². The number of hydrogen-bond donors (Lipinski definition) is 1. The molecular weight excluding hydrogens is 394 g/mol. The van der Waals surface area contributed by atoms with E-state index in [0.29, 0.717) is 33.8 Å². The molecule has 0 bridgehead atoms. The lowest BCUT2D eigenvalue weighted by molar-refractivity contribution is -0.127. The van der Waals surface area contributed by atoms with Crippen molar-refractivity contribution in [2.24, 2.45) is 4.99 Å². The Labute approximate surface area is 171 Å². The number of benzene rings is 2. The van der Waals surface area contributed by atoms with Crippen LogP contribution >= 0.6 is 11.8 Å². The fourth-order valence-corrected chi connectivity index (χ4v) is 4.13. The van der Waals surface area contributed by atoms with Crippen molar-refractivity contribution in [3.63, 3.8) is 0 Å². The Hall–Kier alpha value is -3.20. The highest BCUT2D eigenvalue weighted by atomic mass is 32.2. The lowest BCUT2D eigenvalue weighted by Crippen LogP contribution is -2.30. The number of nitrogens with one attached hydrogen (secondary N) is 1. The van der Waals surface area contributed by atoms with Crippen LogP contribution in [0.25, 0.3) is 0 Å². The van der Waals surface area contributed by atoms with E-state index in [4.69, 9.17) is 14.2 Å². The Morgan fingerprint density at radius 1 is 1.28 bits per heavy atom. The number of carbonyl (C=O) groups is 2. The molecule has 2 aliphatic heterocycles. The van der Waals surface area contributed by atoms with Crippen LogP contribution in [-0.4, -0.2) is 48.1 Å². The number of carbonyl (C=O) groups excluding carboxylic acids is 2. The number of rotatable bonds is 5. The minimum Gasteiger partial charge on any atom is -0.495 e. The molecule has 2 aromatic carbocycles. The van der Waals surface area contributed by atoms with Crippen molar-refractivity contribution in [3.8, 4) is 17.2 Å². The molecule has 1 fully saturated rings. The average Bonchev–Trinajstić information content (AvgIpc) is 3.28. The number of nitrogens with zero attached hydrogens (tertiary/aromatic N) is 2. The number of methoxy groups -OCH3 is 1. The molecule has 1 saturated heterocycles. The van der Waals surface area contributed by atoms with E-state index in [1.165, 1.54) is 23.8 Å². The van der Waals surface area contributed by atoms with Crippen molar-refractivity contribution in [3.05, 3.63) is 42.5 Å². The third-order valence-electron chi connectivity index (χ3n) is 4.47. The molecule has 4 rings (SSSR count). The van der Waals surface area contributed by atoms with E-state index in [0.717, 1.165) is 0 Å². The number of amidine groups is 1. The highest BCUT2D eigenvalue weighted by Gasteiger charge is 2.37. The molecule has 0 aromatic heterocycles. The molecule has 1 atom stereocenters. The summed E-state index contributed by atoms with van der Waals surface area (Å²) in [6, 6.07) is 12.5. The number of thioether (sulfide) groups is 1. The number of amides is 2. The van der Waals surface area contributed by atoms with Gasteiger partial charge in [0.1, 0.15) is 11.0 Å². The average molecular weight is 413 g/mol. The van der Waals surface area contributed by atoms with E-state index in [-0.39, 0.29) is 25.0 Å². The van der Waals surface area contributed by atoms with Gasteiger partial charge in [-0.2, -0.15) is 0 Å². The third-order valence-corrected chi connectivity index (χ3v) is 5.70. The summed E-state index contributed by atoms with van der Waals surface area (Å²) in [7, 11) is 3.19. The van der Waals surface area contributed by atoms with Crippen molar-refractivity contribution >= 4 is 40.1 Å². The van der Waals surface area contributed by atoms with Crippen molar-refractivity contribution in [1.82, 2.24) is 4.90 Å². The van der Waals surface area contributed by atoms with Gasteiger partial charge >= 0.3 is 0 Å². The number of fused-ring (bicyclic) bond motifs is 1. The van der Waals surface area contributed by atoms with Crippen molar-refractivity contribution < 1.29 is 23.8 Å². The molecular formula is C20H19N3O5S. The highest BCUT2D eigenvalue weighted by molar-refractivity contribution is 8.15. The largest absolute Gasteiger partial charge is 0.495 e. The van der Waals surface area contributed by atoms with Crippen molar-refractivity contribution in [2.75, 3.05) is 26.3 Å². The van der Waals surface area contributed by atoms with Crippen LogP contribution in [0.4, 0.5) is 11.4 Å². The molecule has 0 radical (unpaired) electrons. The monoisotopic (exact) mass is 413 g/mol. The first-order chi connectivity index (χ1) is 14.0. The Morgan fingerprint density at radius 2 is 2.07 bits per heavy atom. The number of ether oxygens (including phenoxy) is 3. The Morgan fingerprint density at radius 3 is 2.90 bits per heavy atom. The van der Waals surface area contributed by atoms with Gasteiger partial charge in [-0.25, -0.2) is 4.99 Å². The van der Waals surface area contributed by atoms with E-state index >= 15 is 0 Å². The molecule has 2 amide bonds. The first-order valence-electron chi connectivity index (χ1n) is 8.90. The topological polar surface area (TPSA) is 89.5 Å². The summed E-state index contributed by atoms with van der Waals surface area (Å²) in [6.07, 6.45) is 0.0338. The normalized spacial score (nSPS) is 19.0. The summed E-state index contributed by atoms with van der Waals surface area (Å²) >= 11 is 1.27. The predicted molar refractivity (Wildman–Crippen MR) is 110 cm³/mol. The van der Waals surface area contributed by atoms with E-state index in [9.17, 15) is 9.59 Å². The molecule has 2 aliphatic rings. The van der Waals surface area contributed by atoms with Gasteiger partial charge in [0.15, 0.2) is 16.7 Å². The molecule has 8 nitrogen and oxygen atoms in total. The first kappa shape index (κ1) is 19.1. The molecule has 150 valence electrons. The second-order valence-corrected chi connectivity index (χ2v) is 7.56. The minimum absolute atomic E-state index is 0.0338. The fraction of sp³-hybridized carbons (Fsp3) is 0.250. The summed E-state index contributed by atoms with van der Waals surface area (Å²) in [5.41, 5.74) is 1.22. The molecule has 2 aromatic rings. The Bertz CT molecular complexity index is 994. The minimum atomic E-state index is -0.539. The van der Waals surface area contributed by atoms with Gasteiger partial charge in [-0.05, 0) is 24.3 Å². The molecule has 1 N–H and O–H groups in total.